The molecular formula is C13H23N3S. The largest absolute Gasteiger partial charge is 0.384 e. The van der Waals surface area contributed by atoms with Gasteiger partial charge in [0.25, 0.3) is 0 Å². The van der Waals surface area contributed by atoms with E-state index >= 15 is 0 Å². The van der Waals surface area contributed by atoms with Gasteiger partial charge in [-0.1, -0.05) is 19.9 Å². The average molecular weight is 253 g/mol. The lowest BCUT2D eigenvalue weighted by atomic mass is 10.3. The van der Waals surface area contributed by atoms with Crippen LogP contribution < -0.4 is 5.73 Å². The van der Waals surface area contributed by atoms with E-state index in [1.54, 1.807) is 0 Å². The van der Waals surface area contributed by atoms with Crippen molar-refractivity contribution >= 4 is 17.6 Å². The zero-order valence-corrected chi connectivity index (χ0v) is 11.7. The molecule has 4 heteroatoms. The molecule has 0 radical (unpaired) electrons. The quantitative estimate of drug-likeness (QED) is 0.572. The van der Waals surface area contributed by atoms with Gasteiger partial charge >= 0.3 is 0 Å². The molecule has 17 heavy (non-hydrogen) atoms. The van der Waals surface area contributed by atoms with Gasteiger partial charge < -0.3 is 10.3 Å². The SMILES string of the molecule is C=CCn1c(CCC)nc(CCSCC)c1N. The summed E-state index contributed by atoms with van der Waals surface area (Å²) in [6, 6.07) is 0. The number of allylic oxidation sites excluding steroid dienone is 1. The number of aromatic nitrogens is 2. The Morgan fingerprint density at radius 3 is 2.76 bits per heavy atom. The third kappa shape index (κ3) is 3.80. The van der Waals surface area contributed by atoms with Crippen molar-refractivity contribution in [2.24, 2.45) is 0 Å². The van der Waals surface area contributed by atoms with E-state index < -0.39 is 0 Å². The standard InChI is InChI=1S/C13H23N3S/c1-4-7-12-15-11(8-10-17-6-3)13(14)16(12)9-5-2/h5H,2,4,6-10,14H2,1,3H3. The first-order chi connectivity index (χ1) is 8.24. The van der Waals surface area contributed by atoms with Crippen LogP contribution in [0.5, 0.6) is 0 Å². The highest BCUT2D eigenvalue weighted by molar-refractivity contribution is 7.99. The van der Waals surface area contributed by atoms with Gasteiger partial charge in [0.15, 0.2) is 0 Å². The van der Waals surface area contributed by atoms with Crippen molar-refractivity contribution < 1.29 is 0 Å². The third-order valence-electron chi connectivity index (χ3n) is 2.63. The van der Waals surface area contributed by atoms with Crippen molar-refractivity contribution in [1.82, 2.24) is 9.55 Å². The summed E-state index contributed by atoms with van der Waals surface area (Å²) in [5, 5.41) is 0. The molecule has 1 heterocycles. The zero-order chi connectivity index (χ0) is 12.7. The van der Waals surface area contributed by atoms with E-state index in [9.17, 15) is 0 Å². The monoisotopic (exact) mass is 253 g/mol. The molecule has 0 amide bonds. The molecule has 0 fully saturated rings. The van der Waals surface area contributed by atoms with E-state index in [4.69, 9.17) is 5.73 Å². The molecule has 1 aromatic heterocycles. The van der Waals surface area contributed by atoms with Crippen LogP contribution in [0.15, 0.2) is 12.7 Å². The fourth-order valence-electron chi connectivity index (χ4n) is 1.81. The summed E-state index contributed by atoms with van der Waals surface area (Å²) in [5.74, 6) is 4.17. The molecule has 0 aliphatic carbocycles. The minimum atomic E-state index is 0.759. The Hall–Kier alpha value is -0.900. The lowest BCUT2D eigenvalue weighted by Crippen LogP contribution is -2.06. The average Bonchev–Trinajstić information content (AvgIpc) is 2.59. The minimum absolute atomic E-state index is 0.759. The Bertz CT molecular complexity index is 358. The minimum Gasteiger partial charge on any atom is -0.384 e. The van der Waals surface area contributed by atoms with Crippen molar-refractivity contribution in [3.05, 3.63) is 24.2 Å². The predicted molar refractivity (Wildman–Crippen MR) is 77.5 cm³/mol. The maximum absolute atomic E-state index is 6.15. The van der Waals surface area contributed by atoms with Crippen molar-refractivity contribution in [3.63, 3.8) is 0 Å². The molecule has 0 spiro atoms. The summed E-state index contributed by atoms with van der Waals surface area (Å²) < 4.78 is 2.09. The van der Waals surface area contributed by atoms with Crippen LogP contribution in [0.2, 0.25) is 0 Å². The van der Waals surface area contributed by atoms with Gasteiger partial charge in [0.1, 0.15) is 11.6 Å². The second kappa shape index (κ2) is 7.43. The fraction of sp³-hybridized carbons (Fsp3) is 0.615. The molecule has 0 saturated heterocycles. The molecule has 0 bridgehead atoms. The maximum Gasteiger partial charge on any atom is 0.127 e. The van der Waals surface area contributed by atoms with Crippen molar-refractivity contribution in [3.8, 4) is 0 Å². The Balaban J connectivity index is 2.82. The molecule has 0 saturated carbocycles. The van der Waals surface area contributed by atoms with Gasteiger partial charge in [-0.15, -0.1) is 6.58 Å². The normalized spacial score (nSPS) is 10.7. The highest BCUT2D eigenvalue weighted by atomic mass is 32.2. The van der Waals surface area contributed by atoms with E-state index in [2.05, 4.69) is 30.0 Å². The van der Waals surface area contributed by atoms with E-state index in [0.717, 1.165) is 54.6 Å². The Morgan fingerprint density at radius 1 is 1.41 bits per heavy atom. The molecule has 1 aromatic rings. The number of imidazole rings is 1. The number of hydrogen-bond acceptors (Lipinski definition) is 3. The number of nitrogens with two attached hydrogens (primary N) is 1. The van der Waals surface area contributed by atoms with Crippen LogP contribution in [0.3, 0.4) is 0 Å². The Labute approximate surface area is 108 Å². The van der Waals surface area contributed by atoms with Crippen molar-refractivity contribution in [2.45, 2.75) is 39.7 Å². The number of aryl methyl sites for hydroxylation is 2. The summed E-state index contributed by atoms with van der Waals surface area (Å²) >= 11 is 1.93. The predicted octanol–water partition coefficient (Wildman–Crippen LogP) is 2.90. The van der Waals surface area contributed by atoms with E-state index in [0.29, 0.717) is 0 Å². The van der Waals surface area contributed by atoms with Crippen molar-refractivity contribution in [2.75, 3.05) is 17.2 Å². The van der Waals surface area contributed by atoms with E-state index in [1.807, 2.05) is 17.8 Å². The summed E-state index contributed by atoms with van der Waals surface area (Å²) in [7, 11) is 0. The van der Waals surface area contributed by atoms with Gasteiger partial charge in [-0.3, -0.25) is 0 Å². The first-order valence-electron chi connectivity index (χ1n) is 6.26. The van der Waals surface area contributed by atoms with Gasteiger partial charge in [0, 0.05) is 19.4 Å². The number of nitrogens with zero attached hydrogens (tertiary/aromatic N) is 2. The summed E-state index contributed by atoms with van der Waals surface area (Å²) in [6.07, 6.45) is 4.92. The number of nitrogen functional groups attached to an aromatic ring is 1. The lowest BCUT2D eigenvalue weighted by molar-refractivity contribution is 0.723. The van der Waals surface area contributed by atoms with Crippen LogP contribution in [0.4, 0.5) is 5.82 Å². The van der Waals surface area contributed by atoms with Gasteiger partial charge in [-0.05, 0) is 17.9 Å². The molecule has 0 aromatic carbocycles. The third-order valence-corrected chi connectivity index (χ3v) is 3.54. The summed E-state index contributed by atoms with van der Waals surface area (Å²) in [6.45, 7) is 8.87. The van der Waals surface area contributed by atoms with Crippen molar-refractivity contribution in [1.29, 1.82) is 0 Å². The highest BCUT2D eigenvalue weighted by Gasteiger charge is 2.12. The number of hydrogen-bond donors (Lipinski definition) is 1. The van der Waals surface area contributed by atoms with Gasteiger partial charge in [0.2, 0.25) is 0 Å². The molecule has 0 unspecified atom stereocenters. The smallest absolute Gasteiger partial charge is 0.127 e. The second-order valence-electron chi connectivity index (χ2n) is 3.96. The van der Waals surface area contributed by atoms with Crippen LogP contribution in [-0.4, -0.2) is 21.1 Å². The molecule has 1 rings (SSSR count). The van der Waals surface area contributed by atoms with Gasteiger partial charge in [-0.25, -0.2) is 4.98 Å². The number of thioether (sulfide) groups is 1. The first kappa shape index (κ1) is 14.2. The van der Waals surface area contributed by atoms with Gasteiger partial charge in [0.05, 0.1) is 5.69 Å². The number of rotatable bonds is 8. The molecular weight excluding hydrogens is 230 g/mol. The van der Waals surface area contributed by atoms with Crippen LogP contribution in [0.1, 0.15) is 31.8 Å². The first-order valence-corrected chi connectivity index (χ1v) is 7.42. The van der Waals surface area contributed by atoms with Gasteiger partial charge in [-0.2, -0.15) is 11.8 Å². The molecule has 96 valence electrons. The topological polar surface area (TPSA) is 43.8 Å². The summed E-state index contributed by atoms with van der Waals surface area (Å²) in [5.41, 5.74) is 7.20. The van der Waals surface area contributed by atoms with E-state index in [1.165, 1.54) is 0 Å². The maximum atomic E-state index is 6.15. The fourth-order valence-corrected chi connectivity index (χ4v) is 2.44. The van der Waals surface area contributed by atoms with E-state index in [-0.39, 0.29) is 0 Å². The Morgan fingerprint density at radius 2 is 2.18 bits per heavy atom. The number of anilines is 1. The summed E-state index contributed by atoms with van der Waals surface area (Å²) in [4.78, 5) is 4.67. The van der Waals surface area contributed by atoms with Crippen LogP contribution in [0.25, 0.3) is 0 Å². The Kier molecular flexibility index (Phi) is 6.19. The molecule has 0 aliphatic rings. The van der Waals surface area contributed by atoms with Crippen LogP contribution in [-0.2, 0) is 19.4 Å². The zero-order valence-electron chi connectivity index (χ0n) is 10.9. The van der Waals surface area contributed by atoms with Crippen LogP contribution in [0, 0.1) is 0 Å². The lowest BCUT2D eigenvalue weighted by Gasteiger charge is -2.05. The second-order valence-corrected chi connectivity index (χ2v) is 5.35. The molecule has 0 aliphatic heterocycles. The molecule has 0 atom stereocenters. The molecule has 2 N–H and O–H groups in total. The molecule has 3 nitrogen and oxygen atoms in total. The van der Waals surface area contributed by atoms with Crippen LogP contribution >= 0.6 is 11.8 Å². The highest BCUT2D eigenvalue weighted by Crippen LogP contribution is 2.18.